The molecule has 2 rings (SSSR count). The van der Waals surface area contributed by atoms with Gasteiger partial charge in [-0.15, -0.1) is 0 Å². The molecule has 0 aliphatic rings. The molecule has 0 aliphatic heterocycles. The number of halogens is 1. The highest BCUT2D eigenvalue weighted by molar-refractivity contribution is 9.10. The SMILES string of the molecule is CC(=O)c1cccc(NC(=O)COc2ccc(C(C)(C)C)cc2Br)c1. The number of nitrogens with one attached hydrogen (secondary N) is 1. The molecule has 0 heterocycles. The van der Waals surface area contributed by atoms with Crippen LogP contribution in [0.25, 0.3) is 0 Å². The van der Waals surface area contributed by atoms with Crippen LogP contribution in [-0.2, 0) is 10.2 Å². The molecule has 0 radical (unpaired) electrons. The average Bonchev–Trinajstić information content (AvgIpc) is 2.53. The van der Waals surface area contributed by atoms with Gasteiger partial charge in [-0.25, -0.2) is 0 Å². The van der Waals surface area contributed by atoms with Gasteiger partial charge in [0.15, 0.2) is 12.4 Å². The Hall–Kier alpha value is -2.14. The topological polar surface area (TPSA) is 55.4 Å². The fourth-order valence-corrected chi connectivity index (χ4v) is 2.73. The van der Waals surface area contributed by atoms with Crippen LogP contribution < -0.4 is 10.1 Å². The first-order valence-electron chi connectivity index (χ1n) is 8.00. The fraction of sp³-hybridized carbons (Fsp3) is 0.300. The van der Waals surface area contributed by atoms with Crippen LogP contribution in [0.5, 0.6) is 5.75 Å². The zero-order valence-corrected chi connectivity index (χ0v) is 16.4. The molecule has 0 unspecified atom stereocenters. The Kier molecular flexibility index (Phi) is 6.01. The largest absolute Gasteiger partial charge is 0.483 e. The molecule has 2 aromatic rings. The number of ether oxygens (including phenoxy) is 1. The molecular formula is C20H22BrNO3. The number of carbonyl (C=O) groups excluding carboxylic acids is 2. The second kappa shape index (κ2) is 7.83. The van der Waals surface area contributed by atoms with Crippen molar-refractivity contribution < 1.29 is 14.3 Å². The lowest BCUT2D eigenvalue weighted by atomic mass is 9.87. The van der Waals surface area contributed by atoms with Gasteiger partial charge >= 0.3 is 0 Å². The lowest BCUT2D eigenvalue weighted by Gasteiger charge is -2.20. The summed E-state index contributed by atoms with van der Waals surface area (Å²) in [4.78, 5) is 23.5. The molecule has 132 valence electrons. The smallest absolute Gasteiger partial charge is 0.262 e. The summed E-state index contributed by atoms with van der Waals surface area (Å²) in [6.07, 6.45) is 0. The van der Waals surface area contributed by atoms with Crippen LogP contribution in [0.1, 0.15) is 43.6 Å². The van der Waals surface area contributed by atoms with Gasteiger partial charge in [-0.1, -0.05) is 39.0 Å². The molecule has 0 spiro atoms. The molecular weight excluding hydrogens is 382 g/mol. The summed E-state index contributed by atoms with van der Waals surface area (Å²) in [6.45, 7) is 7.79. The third kappa shape index (κ3) is 5.43. The molecule has 0 atom stereocenters. The molecule has 0 bridgehead atoms. The molecule has 25 heavy (non-hydrogen) atoms. The first-order chi connectivity index (χ1) is 11.7. The second-order valence-corrected chi connectivity index (χ2v) is 7.72. The highest BCUT2D eigenvalue weighted by atomic mass is 79.9. The van der Waals surface area contributed by atoms with Gasteiger partial charge in [0.25, 0.3) is 5.91 Å². The number of Topliss-reactive ketones (excluding diaryl/α,β-unsaturated/α-hetero) is 1. The van der Waals surface area contributed by atoms with E-state index in [4.69, 9.17) is 4.74 Å². The minimum atomic E-state index is -0.285. The Balaban J connectivity index is 1.98. The van der Waals surface area contributed by atoms with E-state index < -0.39 is 0 Å². The lowest BCUT2D eigenvalue weighted by Crippen LogP contribution is -2.20. The van der Waals surface area contributed by atoms with E-state index in [1.807, 2.05) is 18.2 Å². The van der Waals surface area contributed by atoms with Crippen molar-refractivity contribution in [1.82, 2.24) is 0 Å². The molecule has 0 saturated carbocycles. The maximum absolute atomic E-state index is 12.1. The van der Waals surface area contributed by atoms with Crippen LogP contribution in [0.2, 0.25) is 0 Å². The number of rotatable bonds is 5. The quantitative estimate of drug-likeness (QED) is 0.717. The normalized spacial score (nSPS) is 11.1. The first-order valence-corrected chi connectivity index (χ1v) is 8.80. The number of benzene rings is 2. The Morgan fingerprint density at radius 3 is 2.44 bits per heavy atom. The van der Waals surface area contributed by atoms with Crippen LogP contribution >= 0.6 is 15.9 Å². The predicted octanol–water partition coefficient (Wildman–Crippen LogP) is 4.97. The van der Waals surface area contributed by atoms with E-state index in [-0.39, 0.29) is 23.7 Å². The van der Waals surface area contributed by atoms with E-state index in [1.54, 1.807) is 24.3 Å². The lowest BCUT2D eigenvalue weighted by molar-refractivity contribution is -0.118. The van der Waals surface area contributed by atoms with Crippen LogP contribution in [0.3, 0.4) is 0 Å². The summed E-state index contributed by atoms with van der Waals surface area (Å²) in [5.74, 6) is 0.281. The summed E-state index contributed by atoms with van der Waals surface area (Å²) < 4.78 is 6.40. The summed E-state index contributed by atoms with van der Waals surface area (Å²) in [5.41, 5.74) is 2.35. The molecule has 0 aliphatic carbocycles. The van der Waals surface area contributed by atoms with E-state index in [9.17, 15) is 9.59 Å². The third-order valence-corrected chi connectivity index (χ3v) is 4.33. The summed E-state index contributed by atoms with van der Waals surface area (Å²) in [5, 5.41) is 2.73. The Labute approximate surface area is 156 Å². The van der Waals surface area contributed by atoms with Crippen molar-refractivity contribution >= 4 is 33.3 Å². The van der Waals surface area contributed by atoms with Gasteiger partial charge in [0.1, 0.15) is 5.75 Å². The van der Waals surface area contributed by atoms with Crippen LogP contribution in [0.15, 0.2) is 46.9 Å². The van der Waals surface area contributed by atoms with Gasteiger partial charge in [-0.3, -0.25) is 9.59 Å². The van der Waals surface area contributed by atoms with Crippen LogP contribution in [-0.4, -0.2) is 18.3 Å². The number of amides is 1. The fourth-order valence-electron chi connectivity index (χ4n) is 2.24. The van der Waals surface area contributed by atoms with Gasteiger partial charge < -0.3 is 10.1 Å². The number of hydrogen-bond acceptors (Lipinski definition) is 3. The molecule has 1 N–H and O–H groups in total. The van der Waals surface area contributed by atoms with Crippen molar-refractivity contribution in [3.05, 3.63) is 58.1 Å². The van der Waals surface area contributed by atoms with Crippen LogP contribution in [0.4, 0.5) is 5.69 Å². The maximum atomic E-state index is 12.1. The van der Waals surface area contributed by atoms with Gasteiger partial charge in [-0.05, 0) is 58.1 Å². The Morgan fingerprint density at radius 1 is 1.12 bits per heavy atom. The van der Waals surface area contributed by atoms with E-state index in [0.717, 1.165) is 4.47 Å². The summed E-state index contributed by atoms with van der Waals surface area (Å²) in [7, 11) is 0. The first kappa shape index (κ1) is 19.2. The van der Waals surface area contributed by atoms with E-state index >= 15 is 0 Å². The standard InChI is InChI=1S/C20H22BrNO3/c1-13(23)14-6-5-7-16(10-14)22-19(24)12-25-18-9-8-15(11-17(18)21)20(2,3)4/h5-11H,12H2,1-4H3,(H,22,24). The number of hydrogen-bond donors (Lipinski definition) is 1. The van der Waals surface area contributed by atoms with E-state index in [1.165, 1.54) is 12.5 Å². The van der Waals surface area contributed by atoms with Gasteiger partial charge in [0.05, 0.1) is 4.47 Å². The number of ketones is 1. The van der Waals surface area contributed by atoms with Crippen molar-refractivity contribution in [3.63, 3.8) is 0 Å². The Morgan fingerprint density at radius 2 is 1.84 bits per heavy atom. The zero-order chi connectivity index (χ0) is 18.6. The molecule has 2 aromatic carbocycles. The average molecular weight is 404 g/mol. The predicted molar refractivity (Wildman–Crippen MR) is 103 cm³/mol. The van der Waals surface area contributed by atoms with Crippen molar-refractivity contribution in [2.24, 2.45) is 0 Å². The van der Waals surface area contributed by atoms with Gasteiger partial charge in [0.2, 0.25) is 0 Å². The van der Waals surface area contributed by atoms with Crippen molar-refractivity contribution in [3.8, 4) is 5.75 Å². The zero-order valence-electron chi connectivity index (χ0n) is 14.9. The summed E-state index contributed by atoms with van der Waals surface area (Å²) >= 11 is 3.49. The molecule has 5 heteroatoms. The molecule has 0 aromatic heterocycles. The summed E-state index contributed by atoms with van der Waals surface area (Å²) in [6, 6.07) is 12.7. The molecule has 1 amide bonds. The Bertz CT molecular complexity index is 794. The van der Waals surface area contributed by atoms with Gasteiger partial charge in [-0.2, -0.15) is 0 Å². The van der Waals surface area contributed by atoms with E-state index in [2.05, 4.69) is 42.0 Å². The van der Waals surface area contributed by atoms with Crippen molar-refractivity contribution in [2.45, 2.75) is 33.1 Å². The molecule has 0 fully saturated rings. The van der Waals surface area contributed by atoms with Crippen molar-refractivity contribution in [1.29, 1.82) is 0 Å². The molecule has 0 saturated heterocycles. The third-order valence-electron chi connectivity index (χ3n) is 3.71. The van der Waals surface area contributed by atoms with Gasteiger partial charge in [0, 0.05) is 11.3 Å². The van der Waals surface area contributed by atoms with E-state index in [0.29, 0.717) is 17.0 Å². The molecule has 4 nitrogen and oxygen atoms in total. The minimum absolute atomic E-state index is 0.0418. The monoisotopic (exact) mass is 403 g/mol. The highest BCUT2D eigenvalue weighted by Crippen LogP contribution is 2.31. The minimum Gasteiger partial charge on any atom is -0.483 e. The second-order valence-electron chi connectivity index (χ2n) is 6.87. The van der Waals surface area contributed by atoms with Crippen LogP contribution in [0, 0.1) is 0 Å². The number of carbonyl (C=O) groups is 2. The van der Waals surface area contributed by atoms with Crippen molar-refractivity contribution in [2.75, 3.05) is 11.9 Å². The number of anilines is 1. The maximum Gasteiger partial charge on any atom is 0.262 e. The highest BCUT2D eigenvalue weighted by Gasteiger charge is 2.15.